The smallest absolute Gasteiger partial charge is 0.132 e. The minimum atomic E-state index is 0.378. The molecule has 3 heteroatoms. The molecule has 6 rings (SSSR count). The number of benzene rings is 5. The average molecular weight is 563 g/mol. The average Bonchev–Trinajstić information content (AvgIpc) is 3.38. The Labute approximate surface area is 252 Å². The van der Waals surface area contributed by atoms with E-state index in [2.05, 4.69) is 140 Å². The lowest BCUT2D eigenvalue weighted by Crippen LogP contribution is -1.96. The minimum absolute atomic E-state index is 0.378. The fourth-order valence-corrected chi connectivity index (χ4v) is 5.57. The SMILES string of the molecule is C=C(C)C(Cl)=N/C(=C(/C)C(=C)c1cccc2c1c1ccccc1n2-c1ccccc1)c1ccc(-c2ccccc2)cc1. The van der Waals surface area contributed by atoms with Crippen molar-refractivity contribution in [2.45, 2.75) is 13.8 Å². The van der Waals surface area contributed by atoms with E-state index in [-0.39, 0.29) is 0 Å². The van der Waals surface area contributed by atoms with Crippen LogP contribution < -0.4 is 0 Å². The number of aromatic nitrogens is 1. The Bertz CT molecular complexity index is 2010. The molecule has 204 valence electrons. The van der Waals surface area contributed by atoms with Crippen molar-refractivity contribution >= 4 is 49.8 Å². The van der Waals surface area contributed by atoms with Gasteiger partial charge in [0.15, 0.2) is 0 Å². The number of fused-ring (bicyclic) bond motifs is 3. The third-order valence-corrected chi connectivity index (χ3v) is 8.08. The van der Waals surface area contributed by atoms with Crippen LogP contribution in [0.2, 0.25) is 0 Å². The van der Waals surface area contributed by atoms with Gasteiger partial charge in [0.05, 0.1) is 16.7 Å². The number of rotatable bonds is 7. The van der Waals surface area contributed by atoms with E-state index in [1.807, 2.05) is 19.1 Å². The molecular weight excluding hydrogens is 532 g/mol. The van der Waals surface area contributed by atoms with Crippen molar-refractivity contribution < 1.29 is 0 Å². The minimum Gasteiger partial charge on any atom is -0.309 e. The highest BCUT2D eigenvalue weighted by Crippen LogP contribution is 2.40. The Hall–Kier alpha value is -4.92. The van der Waals surface area contributed by atoms with Gasteiger partial charge in [0.25, 0.3) is 0 Å². The number of nitrogens with zero attached hydrogens (tertiary/aromatic N) is 2. The van der Waals surface area contributed by atoms with Gasteiger partial charge < -0.3 is 4.57 Å². The predicted octanol–water partition coefficient (Wildman–Crippen LogP) is 11.1. The highest BCUT2D eigenvalue weighted by Gasteiger charge is 2.18. The second kappa shape index (κ2) is 11.5. The maximum absolute atomic E-state index is 6.61. The molecular formula is C39H31ClN2. The molecule has 0 aliphatic heterocycles. The fourth-order valence-electron chi connectivity index (χ4n) is 5.48. The zero-order valence-electron chi connectivity index (χ0n) is 23.8. The Kier molecular flexibility index (Phi) is 7.48. The van der Waals surface area contributed by atoms with Crippen molar-refractivity contribution in [1.29, 1.82) is 0 Å². The largest absolute Gasteiger partial charge is 0.309 e. The number of halogens is 1. The first kappa shape index (κ1) is 27.3. The van der Waals surface area contributed by atoms with Gasteiger partial charge in [-0.3, -0.25) is 0 Å². The lowest BCUT2D eigenvalue weighted by atomic mass is 9.92. The van der Waals surface area contributed by atoms with Gasteiger partial charge in [-0.05, 0) is 71.5 Å². The summed E-state index contributed by atoms with van der Waals surface area (Å²) >= 11 is 6.61. The van der Waals surface area contributed by atoms with Crippen LogP contribution in [0.3, 0.4) is 0 Å². The van der Waals surface area contributed by atoms with Crippen LogP contribution in [0.15, 0.2) is 157 Å². The van der Waals surface area contributed by atoms with E-state index >= 15 is 0 Å². The lowest BCUT2D eigenvalue weighted by Gasteiger charge is -2.15. The van der Waals surface area contributed by atoms with Crippen molar-refractivity contribution in [3.8, 4) is 16.8 Å². The number of para-hydroxylation sites is 2. The van der Waals surface area contributed by atoms with Gasteiger partial charge in [-0.25, -0.2) is 4.99 Å². The van der Waals surface area contributed by atoms with Gasteiger partial charge >= 0.3 is 0 Å². The zero-order chi connectivity index (χ0) is 29.2. The Morgan fingerprint density at radius 1 is 0.643 bits per heavy atom. The molecule has 0 aliphatic rings. The van der Waals surface area contributed by atoms with Crippen LogP contribution in [-0.2, 0) is 0 Å². The van der Waals surface area contributed by atoms with Crippen molar-refractivity contribution in [3.63, 3.8) is 0 Å². The fraction of sp³-hybridized carbons (Fsp3) is 0.0513. The second-order valence-electron chi connectivity index (χ2n) is 10.5. The Balaban J connectivity index is 1.54. The number of hydrogen-bond acceptors (Lipinski definition) is 1. The summed E-state index contributed by atoms with van der Waals surface area (Å²) in [5.41, 5.74) is 11.1. The zero-order valence-corrected chi connectivity index (χ0v) is 24.6. The Morgan fingerprint density at radius 3 is 1.93 bits per heavy atom. The van der Waals surface area contributed by atoms with E-state index < -0.39 is 0 Å². The summed E-state index contributed by atoms with van der Waals surface area (Å²) in [5.74, 6) is 0. The number of allylic oxidation sites excluding steroid dienone is 3. The lowest BCUT2D eigenvalue weighted by molar-refractivity contribution is 1.18. The highest BCUT2D eigenvalue weighted by atomic mass is 35.5. The van der Waals surface area contributed by atoms with Gasteiger partial charge in [-0.2, -0.15) is 0 Å². The molecule has 0 saturated heterocycles. The molecule has 0 unspecified atom stereocenters. The van der Waals surface area contributed by atoms with E-state index in [4.69, 9.17) is 16.6 Å². The summed E-state index contributed by atoms with van der Waals surface area (Å²) in [5, 5.41) is 2.72. The molecule has 0 spiro atoms. The van der Waals surface area contributed by atoms with Crippen molar-refractivity contribution in [2.24, 2.45) is 4.99 Å². The van der Waals surface area contributed by atoms with Crippen molar-refractivity contribution in [1.82, 2.24) is 4.57 Å². The normalized spacial score (nSPS) is 12.4. The molecule has 1 aromatic heterocycles. The summed E-state index contributed by atoms with van der Waals surface area (Å²) in [6, 6.07) is 44.3. The van der Waals surface area contributed by atoms with Crippen LogP contribution in [0, 0.1) is 0 Å². The number of aliphatic imine (C=N–C) groups is 1. The third-order valence-electron chi connectivity index (χ3n) is 7.67. The summed E-state index contributed by atoms with van der Waals surface area (Å²) in [7, 11) is 0. The van der Waals surface area contributed by atoms with Gasteiger partial charge in [0.2, 0.25) is 0 Å². The molecule has 0 fully saturated rings. The predicted molar refractivity (Wildman–Crippen MR) is 182 cm³/mol. The summed E-state index contributed by atoms with van der Waals surface area (Å²) < 4.78 is 2.32. The van der Waals surface area contributed by atoms with E-state index in [0.29, 0.717) is 10.7 Å². The maximum Gasteiger partial charge on any atom is 0.132 e. The molecule has 0 amide bonds. The quantitative estimate of drug-likeness (QED) is 0.136. The van der Waals surface area contributed by atoms with E-state index in [1.165, 1.54) is 10.9 Å². The first-order valence-electron chi connectivity index (χ1n) is 14.0. The highest BCUT2D eigenvalue weighted by molar-refractivity contribution is 6.69. The van der Waals surface area contributed by atoms with E-state index in [1.54, 1.807) is 0 Å². The maximum atomic E-state index is 6.61. The van der Waals surface area contributed by atoms with Gasteiger partial charge in [-0.15, -0.1) is 0 Å². The topological polar surface area (TPSA) is 17.3 Å². The van der Waals surface area contributed by atoms with E-state index in [9.17, 15) is 0 Å². The van der Waals surface area contributed by atoms with Crippen LogP contribution in [0.1, 0.15) is 25.0 Å². The molecule has 2 nitrogen and oxygen atoms in total. The van der Waals surface area contributed by atoms with Crippen molar-refractivity contribution in [3.05, 3.63) is 163 Å². The second-order valence-corrected chi connectivity index (χ2v) is 10.8. The van der Waals surface area contributed by atoms with Gasteiger partial charge in [0, 0.05) is 22.0 Å². The summed E-state index contributed by atoms with van der Waals surface area (Å²) in [6.45, 7) is 12.6. The van der Waals surface area contributed by atoms with Crippen LogP contribution in [0.4, 0.5) is 0 Å². The molecule has 0 aliphatic carbocycles. The van der Waals surface area contributed by atoms with Crippen LogP contribution >= 0.6 is 11.6 Å². The molecule has 0 saturated carbocycles. The third kappa shape index (κ3) is 5.02. The standard InChI is InChI=1S/C39H31ClN2/c1-26(2)39(40)41-38(31-24-22-30(23-25-31)29-14-7-5-8-15-29)28(4)27(3)33-19-13-21-36-37(33)34-18-11-12-20-35(34)42(36)32-16-9-6-10-17-32/h5-25H,1,3H2,2,4H3/b38-28-,41-39?. The summed E-state index contributed by atoms with van der Waals surface area (Å²) in [4.78, 5) is 4.89. The molecule has 0 bridgehead atoms. The first-order valence-corrected chi connectivity index (χ1v) is 14.4. The number of hydrogen-bond donors (Lipinski definition) is 0. The molecule has 0 N–H and O–H groups in total. The van der Waals surface area contributed by atoms with Gasteiger partial charge in [0.1, 0.15) is 5.17 Å². The molecule has 6 aromatic rings. The molecule has 1 heterocycles. The Morgan fingerprint density at radius 2 is 1.24 bits per heavy atom. The molecule has 5 aromatic carbocycles. The molecule has 0 atom stereocenters. The first-order chi connectivity index (χ1) is 20.4. The summed E-state index contributed by atoms with van der Waals surface area (Å²) in [6.07, 6.45) is 0. The van der Waals surface area contributed by atoms with Crippen LogP contribution in [0.5, 0.6) is 0 Å². The van der Waals surface area contributed by atoms with Crippen molar-refractivity contribution in [2.75, 3.05) is 0 Å². The monoisotopic (exact) mass is 562 g/mol. The van der Waals surface area contributed by atoms with E-state index in [0.717, 1.165) is 55.6 Å². The molecule has 42 heavy (non-hydrogen) atoms. The molecule has 0 radical (unpaired) electrons. The van der Waals surface area contributed by atoms with Gasteiger partial charge in [-0.1, -0.05) is 128 Å². The van der Waals surface area contributed by atoms with Crippen LogP contribution in [-0.4, -0.2) is 9.74 Å². The van der Waals surface area contributed by atoms with Crippen LogP contribution in [0.25, 0.3) is 49.9 Å².